The smallest absolute Gasteiger partial charge is 0.266 e. The van der Waals surface area contributed by atoms with Gasteiger partial charge in [-0.05, 0) is 58.1 Å². The van der Waals surface area contributed by atoms with E-state index in [-0.39, 0.29) is 11.7 Å². The van der Waals surface area contributed by atoms with Gasteiger partial charge in [0.1, 0.15) is 10.7 Å². The second kappa shape index (κ2) is 4.98. The monoisotopic (exact) mass is 313 g/mol. The van der Waals surface area contributed by atoms with Crippen molar-refractivity contribution in [3.8, 4) is 0 Å². The first kappa shape index (κ1) is 12.3. The number of thiophene rings is 1. The highest BCUT2D eigenvalue weighted by molar-refractivity contribution is 9.10. The standard InChI is InChI=1S/C12H9BrFNOS/c1-7-4-8(14)6-9(5-7)15-12(16)11-10(13)2-3-17-11/h2-6H,1H3,(H,15,16). The van der Waals surface area contributed by atoms with E-state index in [4.69, 9.17) is 0 Å². The number of carbonyl (C=O) groups is 1. The molecule has 88 valence electrons. The Morgan fingerprint density at radius 3 is 2.76 bits per heavy atom. The van der Waals surface area contributed by atoms with Crippen molar-refractivity contribution in [2.45, 2.75) is 6.92 Å². The van der Waals surface area contributed by atoms with Crippen LogP contribution in [0.15, 0.2) is 34.1 Å². The molecule has 2 aromatic rings. The SMILES string of the molecule is Cc1cc(F)cc(NC(=O)c2sccc2Br)c1. The van der Waals surface area contributed by atoms with Crippen LogP contribution in [0.1, 0.15) is 15.2 Å². The van der Waals surface area contributed by atoms with Crippen molar-refractivity contribution < 1.29 is 9.18 Å². The fourth-order valence-electron chi connectivity index (χ4n) is 1.45. The third-order valence-corrected chi connectivity index (χ3v) is 3.96. The number of benzene rings is 1. The van der Waals surface area contributed by atoms with Crippen molar-refractivity contribution in [1.29, 1.82) is 0 Å². The molecule has 0 unspecified atom stereocenters. The summed E-state index contributed by atoms with van der Waals surface area (Å²) >= 11 is 4.62. The van der Waals surface area contributed by atoms with Gasteiger partial charge in [-0.25, -0.2) is 4.39 Å². The van der Waals surface area contributed by atoms with Gasteiger partial charge in [0.2, 0.25) is 0 Å². The van der Waals surface area contributed by atoms with Crippen LogP contribution in [0.25, 0.3) is 0 Å². The second-order valence-electron chi connectivity index (χ2n) is 3.57. The predicted octanol–water partition coefficient (Wildman–Crippen LogP) is 4.21. The molecule has 1 aromatic heterocycles. The van der Waals surface area contributed by atoms with E-state index in [1.54, 1.807) is 19.1 Å². The van der Waals surface area contributed by atoms with Gasteiger partial charge in [0.05, 0.1) is 0 Å². The van der Waals surface area contributed by atoms with Crippen LogP contribution in [0.4, 0.5) is 10.1 Å². The van der Waals surface area contributed by atoms with E-state index in [9.17, 15) is 9.18 Å². The zero-order valence-electron chi connectivity index (χ0n) is 8.96. The van der Waals surface area contributed by atoms with E-state index in [1.165, 1.54) is 23.5 Å². The summed E-state index contributed by atoms with van der Waals surface area (Å²) in [5.74, 6) is -0.595. The Morgan fingerprint density at radius 2 is 2.18 bits per heavy atom. The lowest BCUT2D eigenvalue weighted by molar-refractivity contribution is 0.103. The van der Waals surface area contributed by atoms with Crippen molar-refractivity contribution in [2.75, 3.05) is 5.32 Å². The van der Waals surface area contributed by atoms with Gasteiger partial charge < -0.3 is 5.32 Å². The number of rotatable bonds is 2. The van der Waals surface area contributed by atoms with Crippen molar-refractivity contribution in [1.82, 2.24) is 0 Å². The molecule has 1 N–H and O–H groups in total. The van der Waals surface area contributed by atoms with E-state index in [1.807, 2.05) is 5.38 Å². The van der Waals surface area contributed by atoms with Crippen LogP contribution in [0.2, 0.25) is 0 Å². The summed E-state index contributed by atoms with van der Waals surface area (Å²) in [5, 5.41) is 4.48. The minimum atomic E-state index is -0.356. The lowest BCUT2D eigenvalue weighted by Gasteiger charge is -2.05. The van der Waals surface area contributed by atoms with E-state index in [0.717, 1.165) is 10.0 Å². The molecule has 0 saturated heterocycles. The Bertz CT molecular complexity index is 547. The molecule has 2 nitrogen and oxygen atoms in total. The number of hydrogen-bond acceptors (Lipinski definition) is 2. The summed E-state index contributed by atoms with van der Waals surface area (Å²) in [6.07, 6.45) is 0. The normalized spacial score (nSPS) is 10.3. The highest BCUT2D eigenvalue weighted by Crippen LogP contribution is 2.24. The number of carbonyl (C=O) groups excluding carboxylic acids is 1. The fourth-order valence-corrected chi connectivity index (χ4v) is 2.90. The summed E-state index contributed by atoms with van der Waals surface area (Å²) in [4.78, 5) is 12.4. The average molecular weight is 314 g/mol. The Hall–Kier alpha value is -1.20. The fraction of sp³-hybridized carbons (Fsp3) is 0.0833. The van der Waals surface area contributed by atoms with Crippen LogP contribution in [0.3, 0.4) is 0 Å². The molecule has 1 heterocycles. The van der Waals surface area contributed by atoms with Gasteiger partial charge in [0, 0.05) is 10.2 Å². The van der Waals surface area contributed by atoms with E-state index < -0.39 is 0 Å². The topological polar surface area (TPSA) is 29.1 Å². The molecular formula is C12H9BrFNOS. The van der Waals surface area contributed by atoms with Crippen LogP contribution >= 0.6 is 27.3 Å². The van der Waals surface area contributed by atoms with Gasteiger partial charge in [0.15, 0.2) is 0 Å². The maximum absolute atomic E-state index is 13.1. The first-order valence-corrected chi connectivity index (χ1v) is 6.55. The number of amides is 1. The highest BCUT2D eigenvalue weighted by Gasteiger charge is 2.12. The molecule has 0 fully saturated rings. The Kier molecular flexibility index (Phi) is 3.59. The molecule has 0 bridgehead atoms. The van der Waals surface area contributed by atoms with Gasteiger partial charge in [-0.3, -0.25) is 4.79 Å². The van der Waals surface area contributed by atoms with Gasteiger partial charge in [0.25, 0.3) is 5.91 Å². The van der Waals surface area contributed by atoms with Crippen molar-refractivity contribution >= 4 is 38.9 Å². The molecule has 0 aliphatic rings. The molecule has 1 aromatic carbocycles. The molecule has 0 aliphatic carbocycles. The quantitative estimate of drug-likeness (QED) is 0.884. The average Bonchev–Trinajstić information content (AvgIpc) is 2.62. The molecule has 17 heavy (non-hydrogen) atoms. The number of hydrogen-bond donors (Lipinski definition) is 1. The zero-order valence-corrected chi connectivity index (χ0v) is 11.4. The molecule has 0 radical (unpaired) electrons. The zero-order chi connectivity index (χ0) is 12.4. The molecule has 5 heteroatoms. The minimum Gasteiger partial charge on any atom is -0.321 e. The minimum absolute atomic E-state index is 0.239. The molecule has 0 spiro atoms. The Balaban J connectivity index is 2.21. The summed E-state index contributed by atoms with van der Waals surface area (Å²) in [6.45, 7) is 1.78. The van der Waals surface area contributed by atoms with Gasteiger partial charge in [-0.1, -0.05) is 0 Å². The number of aryl methyl sites for hydroxylation is 1. The maximum atomic E-state index is 13.1. The van der Waals surface area contributed by atoms with Crippen molar-refractivity contribution in [2.24, 2.45) is 0 Å². The lowest BCUT2D eigenvalue weighted by atomic mass is 10.2. The molecule has 1 amide bonds. The number of halogens is 2. The largest absolute Gasteiger partial charge is 0.321 e. The van der Waals surface area contributed by atoms with Crippen molar-refractivity contribution in [3.63, 3.8) is 0 Å². The summed E-state index contributed by atoms with van der Waals surface area (Å²) in [7, 11) is 0. The molecule has 0 aliphatic heterocycles. The van der Waals surface area contributed by atoms with E-state index >= 15 is 0 Å². The van der Waals surface area contributed by atoms with Crippen molar-refractivity contribution in [3.05, 3.63) is 50.4 Å². The lowest BCUT2D eigenvalue weighted by Crippen LogP contribution is -2.11. The van der Waals surface area contributed by atoms with Crippen LogP contribution in [0.5, 0.6) is 0 Å². The van der Waals surface area contributed by atoms with Crippen LogP contribution in [-0.2, 0) is 0 Å². The summed E-state index contributed by atoms with van der Waals surface area (Å²) in [6, 6.07) is 6.24. The summed E-state index contributed by atoms with van der Waals surface area (Å²) < 4.78 is 13.9. The van der Waals surface area contributed by atoms with Gasteiger partial charge in [-0.2, -0.15) is 0 Å². The third-order valence-electron chi connectivity index (χ3n) is 2.12. The number of nitrogens with one attached hydrogen (secondary N) is 1. The molecule has 2 rings (SSSR count). The molecule has 0 saturated carbocycles. The second-order valence-corrected chi connectivity index (χ2v) is 5.34. The molecule has 0 atom stereocenters. The first-order chi connectivity index (χ1) is 8.06. The van der Waals surface area contributed by atoms with Crippen LogP contribution < -0.4 is 5.32 Å². The number of anilines is 1. The molecular weight excluding hydrogens is 305 g/mol. The third kappa shape index (κ3) is 2.92. The Labute approximate surface area is 111 Å². The highest BCUT2D eigenvalue weighted by atomic mass is 79.9. The van der Waals surface area contributed by atoms with E-state index in [0.29, 0.717) is 10.6 Å². The van der Waals surface area contributed by atoms with E-state index in [2.05, 4.69) is 21.2 Å². The predicted molar refractivity (Wildman–Crippen MR) is 71.1 cm³/mol. The van der Waals surface area contributed by atoms with Crippen LogP contribution in [-0.4, -0.2) is 5.91 Å². The summed E-state index contributed by atoms with van der Waals surface area (Å²) in [5.41, 5.74) is 1.23. The first-order valence-electron chi connectivity index (χ1n) is 4.88. The van der Waals surface area contributed by atoms with Crippen LogP contribution in [0, 0.1) is 12.7 Å². The van der Waals surface area contributed by atoms with Gasteiger partial charge >= 0.3 is 0 Å². The Morgan fingerprint density at radius 1 is 1.41 bits per heavy atom. The maximum Gasteiger partial charge on any atom is 0.266 e. The van der Waals surface area contributed by atoms with Gasteiger partial charge in [-0.15, -0.1) is 11.3 Å².